The van der Waals surface area contributed by atoms with Crippen molar-refractivity contribution in [3.8, 4) is 0 Å². The van der Waals surface area contributed by atoms with Crippen LogP contribution in [0.5, 0.6) is 0 Å². The quantitative estimate of drug-likeness (QED) is 0.319. The van der Waals surface area contributed by atoms with E-state index in [1.165, 1.54) is 4.88 Å². The van der Waals surface area contributed by atoms with E-state index >= 15 is 0 Å². The van der Waals surface area contributed by atoms with Gasteiger partial charge < -0.3 is 16.0 Å². The minimum Gasteiger partial charge on any atom is -0.357 e. The Labute approximate surface area is 175 Å². The van der Waals surface area contributed by atoms with Crippen LogP contribution in [0.1, 0.15) is 33.4 Å². The molecule has 0 radical (unpaired) electrons. The molecule has 142 valence electrons. The molecule has 0 spiro atoms. The fraction of sp³-hybridized carbons (Fsp3) is 0.389. The highest BCUT2D eigenvalue weighted by atomic mass is 127. The SMILES string of the molecule is CCNC(=NCc1scnc1C)NCCc1cccc(C(=O)NC)c1.I. The number of nitrogens with zero attached hydrogens (tertiary/aromatic N) is 2. The first kappa shape index (κ1) is 22.4. The highest BCUT2D eigenvalue weighted by Gasteiger charge is 2.05. The van der Waals surface area contributed by atoms with Gasteiger partial charge in [-0.3, -0.25) is 4.79 Å². The first-order valence-electron chi connectivity index (χ1n) is 8.36. The van der Waals surface area contributed by atoms with Gasteiger partial charge in [0.1, 0.15) is 0 Å². The van der Waals surface area contributed by atoms with Crippen molar-refractivity contribution in [2.24, 2.45) is 4.99 Å². The van der Waals surface area contributed by atoms with Gasteiger partial charge in [0.25, 0.3) is 5.91 Å². The van der Waals surface area contributed by atoms with Gasteiger partial charge in [-0.25, -0.2) is 9.98 Å². The largest absolute Gasteiger partial charge is 0.357 e. The number of nitrogens with one attached hydrogen (secondary N) is 3. The number of aliphatic imine (C=N–C) groups is 1. The molecule has 0 bridgehead atoms. The molecule has 0 saturated carbocycles. The Kier molecular flexibility index (Phi) is 10.2. The first-order chi connectivity index (χ1) is 12.1. The number of guanidine groups is 1. The average Bonchev–Trinajstić information content (AvgIpc) is 3.04. The van der Waals surface area contributed by atoms with Crippen molar-refractivity contribution in [3.05, 3.63) is 51.5 Å². The second-order valence-corrected chi connectivity index (χ2v) is 6.45. The number of amides is 1. The molecule has 2 aromatic rings. The molecule has 0 aliphatic rings. The Balaban J connectivity index is 0.00000338. The molecule has 0 aliphatic carbocycles. The number of carbonyl (C=O) groups excluding carboxylic acids is 1. The summed E-state index contributed by atoms with van der Waals surface area (Å²) in [5.74, 6) is 0.724. The molecule has 0 unspecified atom stereocenters. The topological polar surface area (TPSA) is 78.4 Å². The van der Waals surface area contributed by atoms with Crippen molar-refractivity contribution < 1.29 is 4.79 Å². The highest BCUT2D eigenvalue weighted by Crippen LogP contribution is 2.12. The van der Waals surface area contributed by atoms with E-state index in [1.807, 2.05) is 43.6 Å². The van der Waals surface area contributed by atoms with E-state index in [0.717, 1.165) is 36.7 Å². The number of hydrogen-bond acceptors (Lipinski definition) is 4. The third kappa shape index (κ3) is 6.91. The van der Waals surface area contributed by atoms with Gasteiger partial charge in [0, 0.05) is 30.6 Å². The lowest BCUT2D eigenvalue weighted by Crippen LogP contribution is -2.38. The first-order valence-corrected chi connectivity index (χ1v) is 9.24. The van der Waals surface area contributed by atoms with E-state index in [-0.39, 0.29) is 29.9 Å². The third-order valence-corrected chi connectivity index (χ3v) is 4.61. The maximum atomic E-state index is 11.7. The Hall–Kier alpha value is -1.68. The number of carbonyl (C=O) groups is 1. The molecule has 2 rings (SSSR count). The van der Waals surface area contributed by atoms with Gasteiger partial charge in [-0.05, 0) is 38.0 Å². The zero-order chi connectivity index (χ0) is 18.1. The average molecular weight is 487 g/mol. The number of aryl methyl sites for hydroxylation is 1. The summed E-state index contributed by atoms with van der Waals surface area (Å²) >= 11 is 1.63. The molecule has 26 heavy (non-hydrogen) atoms. The van der Waals surface area contributed by atoms with E-state index in [1.54, 1.807) is 18.4 Å². The molecule has 0 aliphatic heterocycles. The predicted octanol–water partition coefficient (Wildman–Crippen LogP) is 2.73. The van der Waals surface area contributed by atoms with Gasteiger partial charge in [-0.15, -0.1) is 35.3 Å². The van der Waals surface area contributed by atoms with E-state index in [0.29, 0.717) is 12.1 Å². The number of hydrogen-bond donors (Lipinski definition) is 3. The van der Waals surface area contributed by atoms with Crippen molar-refractivity contribution in [2.75, 3.05) is 20.1 Å². The van der Waals surface area contributed by atoms with Gasteiger partial charge >= 0.3 is 0 Å². The summed E-state index contributed by atoms with van der Waals surface area (Å²) in [6, 6.07) is 7.68. The lowest BCUT2D eigenvalue weighted by Gasteiger charge is -2.11. The van der Waals surface area contributed by atoms with E-state index < -0.39 is 0 Å². The summed E-state index contributed by atoms with van der Waals surface area (Å²) in [5, 5.41) is 9.23. The molecule has 0 saturated heterocycles. The van der Waals surface area contributed by atoms with Gasteiger partial charge in [0.05, 0.1) is 17.7 Å². The van der Waals surface area contributed by atoms with Crippen molar-refractivity contribution in [1.29, 1.82) is 0 Å². The van der Waals surface area contributed by atoms with Crippen LogP contribution in [0.4, 0.5) is 0 Å². The van der Waals surface area contributed by atoms with Crippen molar-refractivity contribution in [2.45, 2.75) is 26.8 Å². The van der Waals surface area contributed by atoms with Crippen LogP contribution in [-0.2, 0) is 13.0 Å². The zero-order valence-electron chi connectivity index (χ0n) is 15.3. The summed E-state index contributed by atoms with van der Waals surface area (Å²) in [5.41, 5.74) is 4.68. The van der Waals surface area contributed by atoms with Crippen LogP contribution in [-0.4, -0.2) is 37.0 Å². The second-order valence-electron chi connectivity index (χ2n) is 5.51. The summed E-state index contributed by atoms with van der Waals surface area (Å²) in [4.78, 5) is 21.7. The Morgan fingerprint density at radius 1 is 1.31 bits per heavy atom. The van der Waals surface area contributed by atoms with E-state index in [9.17, 15) is 4.79 Å². The molecule has 1 amide bonds. The van der Waals surface area contributed by atoms with Crippen molar-refractivity contribution >= 4 is 47.2 Å². The van der Waals surface area contributed by atoms with Crippen molar-refractivity contribution in [3.63, 3.8) is 0 Å². The zero-order valence-corrected chi connectivity index (χ0v) is 18.5. The standard InChI is InChI=1S/C18H25N5OS.HI/c1-4-20-18(22-11-16-13(2)23-12-25-16)21-9-8-14-6-5-7-15(10-14)17(24)19-3;/h5-7,10,12H,4,8-9,11H2,1-3H3,(H,19,24)(H2,20,21,22);1H. The van der Waals surface area contributed by atoms with Crippen LogP contribution in [0.2, 0.25) is 0 Å². The van der Waals surface area contributed by atoms with Gasteiger partial charge in [0.15, 0.2) is 5.96 Å². The fourth-order valence-electron chi connectivity index (χ4n) is 2.31. The monoisotopic (exact) mass is 487 g/mol. The third-order valence-electron chi connectivity index (χ3n) is 3.69. The molecule has 6 nitrogen and oxygen atoms in total. The molecule has 3 N–H and O–H groups in total. The summed E-state index contributed by atoms with van der Waals surface area (Å²) in [6.45, 7) is 6.21. The number of aromatic nitrogens is 1. The fourth-order valence-corrected chi connectivity index (χ4v) is 3.01. The lowest BCUT2D eigenvalue weighted by molar-refractivity contribution is 0.0963. The highest BCUT2D eigenvalue weighted by molar-refractivity contribution is 14.0. The Morgan fingerprint density at radius 2 is 2.12 bits per heavy atom. The van der Waals surface area contributed by atoms with Gasteiger partial charge in [-0.2, -0.15) is 0 Å². The maximum Gasteiger partial charge on any atom is 0.251 e. The molecule has 0 atom stereocenters. The van der Waals surface area contributed by atoms with Gasteiger partial charge in [0.2, 0.25) is 0 Å². The predicted molar refractivity (Wildman–Crippen MR) is 119 cm³/mol. The van der Waals surface area contributed by atoms with E-state index in [2.05, 4.69) is 25.9 Å². The van der Waals surface area contributed by atoms with Crippen LogP contribution in [0.25, 0.3) is 0 Å². The summed E-state index contributed by atoms with van der Waals surface area (Å²) < 4.78 is 0. The van der Waals surface area contributed by atoms with Crippen LogP contribution in [0, 0.1) is 6.92 Å². The number of rotatable bonds is 7. The molecular weight excluding hydrogens is 461 g/mol. The number of halogens is 1. The summed E-state index contributed by atoms with van der Waals surface area (Å²) in [7, 11) is 1.64. The van der Waals surface area contributed by atoms with Crippen molar-refractivity contribution in [1.82, 2.24) is 20.9 Å². The van der Waals surface area contributed by atoms with Crippen LogP contribution >= 0.6 is 35.3 Å². The minimum absolute atomic E-state index is 0. The number of benzene rings is 1. The minimum atomic E-state index is -0.0652. The summed E-state index contributed by atoms with van der Waals surface area (Å²) in [6.07, 6.45) is 0.814. The van der Waals surface area contributed by atoms with Crippen LogP contribution < -0.4 is 16.0 Å². The molecule has 1 aromatic heterocycles. The molecule has 0 fully saturated rings. The molecule has 1 aromatic carbocycles. The lowest BCUT2D eigenvalue weighted by atomic mass is 10.1. The second kappa shape index (κ2) is 11.8. The van der Waals surface area contributed by atoms with Crippen LogP contribution in [0.3, 0.4) is 0 Å². The normalized spacial score (nSPS) is 10.8. The Bertz CT molecular complexity index is 732. The molecular formula is C18H26IN5OS. The van der Waals surface area contributed by atoms with Crippen LogP contribution in [0.15, 0.2) is 34.8 Å². The molecule has 1 heterocycles. The van der Waals surface area contributed by atoms with Gasteiger partial charge in [-0.1, -0.05) is 12.1 Å². The molecule has 8 heteroatoms. The smallest absolute Gasteiger partial charge is 0.251 e. The maximum absolute atomic E-state index is 11.7. The Morgan fingerprint density at radius 3 is 2.77 bits per heavy atom. The van der Waals surface area contributed by atoms with E-state index in [4.69, 9.17) is 0 Å². The number of thiazole rings is 1.